The lowest BCUT2D eigenvalue weighted by Gasteiger charge is -2.10. The third-order valence-corrected chi connectivity index (χ3v) is 3.01. The van der Waals surface area contributed by atoms with Gasteiger partial charge < -0.3 is 0 Å². The summed E-state index contributed by atoms with van der Waals surface area (Å²) in [5, 5.41) is 0. The number of hydrogen-bond donors (Lipinski definition) is 0. The Morgan fingerprint density at radius 1 is 1.25 bits per heavy atom. The molecule has 0 heterocycles. The van der Waals surface area contributed by atoms with E-state index in [2.05, 4.69) is 64.1 Å². The van der Waals surface area contributed by atoms with Crippen molar-refractivity contribution < 1.29 is 0 Å². The standard InChI is InChI=1S/C16H22/c1-5-9-13(3)15(6-2)12-16-11-8-7-10-14(16)4/h6-11H,5,12H2,1-4H3/b13-9-,15-6-. The third kappa shape index (κ3) is 3.37. The first-order chi connectivity index (χ1) is 7.69. The summed E-state index contributed by atoms with van der Waals surface area (Å²) < 4.78 is 0. The van der Waals surface area contributed by atoms with Crippen molar-refractivity contribution in [3.63, 3.8) is 0 Å². The Hall–Kier alpha value is -1.30. The summed E-state index contributed by atoms with van der Waals surface area (Å²) in [6.45, 7) is 8.70. The van der Waals surface area contributed by atoms with Crippen molar-refractivity contribution >= 4 is 0 Å². The summed E-state index contributed by atoms with van der Waals surface area (Å²) >= 11 is 0. The molecule has 0 fully saturated rings. The van der Waals surface area contributed by atoms with E-state index in [0.717, 1.165) is 12.8 Å². The summed E-state index contributed by atoms with van der Waals surface area (Å²) in [6.07, 6.45) is 6.68. The molecule has 0 aliphatic carbocycles. The van der Waals surface area contributed by atoms with Crippen molar-refractivity contribution in [2.75, 3.05) is 0 Å². The van der Waals surface area contributed by atoms with Crippen LogP contribution in [0.3, 0.4) is 0 Å². The number of aryl methyl sites for hydroxylation is 1. The molecule has 0 unspecified atom stereocenters. The zero-order chi connectivity index (χ0) is 12.0. The summed E-state index contributed by atoms with van der Waals surface area (Å²) in [5.74, 6) is 0. The van der Waals surface area contributed by atoms with E-state index in [1.807, 2.05) is 0 Å². The first-order valence-corrected chi connectivity index (χ1v) is 6.05. The van der Waals surface area contributed by atoms with Gasteiger partial charge >= 0.3 is 0 Å². The molecule has 0 spiro atoms. The summed E-state index contributed by atoms with van der Waals surface area (Å²) in [5.41, 5.74) is 5.66. The van der Waals surface area contributed by atoms with Crippen LogP contribution in [0.1, 0.15) is 38.3 Å². The van der Waals surface area contributed by atoms with E-state index < -0.39 is 0 Å². The molecular formula is C16H22. The minimum atomic E-state index is 1.05. The first-order valence-electron chi connectivity index (χ1n) is 6.05. The van der Waals surface area contributed by atoms with Crippen LogP contribution in [0.25, 0.3) is 0 Å². The van der Waals surface area contributed by atoms with Crippen molar-refractivity contribution in [3.05, 3.63) is 58.7 Å². The molecule has 86 valence electrons. The molecule has 0 saturated heterocycles. The van der Waals surface area contributed by atoms with Gasteiger partial charge in [-0.3, -0.25) is 0 Å². The normalized spacial score (nSPS) is 13.0. The molecule has 0 aromatic heterocycles. The fraction of sp³-hybridized carbons (Fsp3) is 0.375. The SMILES string of the molecule is C/C=C(Cc1ccccc1C)\C(C)=C/CC. The molecule has 0 radical (unpaired) electrons. The minimum Gasteiger partial charge on any atom is -0.0838 e. The average Bonchev–Trinajstić information content (AvgIpc) is 2.28. The van der Waals surface area contributed by atoms with Crippen LogP contribution in [0, 0.1) is 6.92 Å². The van der Waals surface area contributed by atoms with Crippen LogP contribution in [0.4, 0.5) is 0 Å². The highest BCUT2D eigenvalue weighted by molar-refractivity contribution is 5.37. The third-order valence-electron chi connectivity index (χ3n) is 3.01. The van der Waals surface area contributed by atoms with Gasteiger partial charge in [0, 0.05) is 0 Å². The highest BCUT2D eigenvalue weighted by atomic mass is 14.1. The average molecular weight is 214 g/mol. The van der Waals surface area contributed by atoms with E-state index in [1.54, 1.807) is 0 Å². The maximum absolute atomic E-state index is 2.30. The molecule has 1 aromatic carbocycles. The highest BCUT2D eigenvalue weighted by Gasteiger charge is 2.02. The Morgan fingerprint density at radius 3 is 2.50 bits per heavy atom. The molecule has 1 rings (SSSR count). The molecule has 0 N–H and O–H groups in total. The van der Waals surface area contributed by atoms with Crippen molar-refractivity contribution in [2.45, 2.75) is 40.5 Å². The number of rotatable bonds is 4. The van der Waals surface area contributed by atoms with Gasteiger partial charge in [0.2, 0.25) is 0 Å². The van der Waals surface area contributed by atoms with Crippen LogP contribution in [-0.2, 0) is 6.42 Å². The zero-order valence-electron chi connectivity index (χ0n) is 10.9. The number of allylic oxidation sites excluding steroid dienone is 4. The summed E-state index contributed by atoms with van der Waals surface area (Å²) in [4.78, 5) is 0. The Labute approximate surface area is 99.7 Å². The predicted molar refractivity (Wildman–Crippen MR) is 72.7 cm³/mol. The monoisotopic (exact) mass is 214 g/mol. The van der Waals surface area contributed by atoms with Gasteiger partial charge in [0.15, 0.2) is 0 Å². The van der Waals surface area contributed by atoms with Crippen LogP contribution < -0.4 is 0 Å². The molecule has 0 aliphatic rings. The molecule has 0 saturated carbocycles. The maximum atomic E-state index is 2.30. The Kier molecular flexibility index (Phi) is 5.04. The number of benzene rings is 1. The van der Waals surface area contributed by atoms with E-state index in [1.165, 1.54) is 22.3 Å². The molecule has 0 heteroatoms. The van der Waals surface area contributed by atoms with Gasteiger partial charge in [-0.25, -0.2) is 0 Å². The van der Waals surface area contributed by atoms with E-state index in [4.69, 9.17) is 0 Å². The van der Waals surface area contributed by atoms with E-state index in [0.29, 0.717) is 0 Å². The Balaban J connectivity index is 2.88. The fourth-order valence-corrected chi connectivity index (χ4v) is 1.92. The fourth-order valence-electron chi connectivity index (χ4n) is 1.92. The van der Waals surface area contributed by atoms with E-state index in [-0.39, 0.29) is 0 Å². The molecule has 16 heavy (non-hydrogen) atoms. The van der Waals surface area contributed by atoms with Crippen LogP contribution >= 0.6 is 0 Å². The predicted octanol–water partition coefficient (Wildman–Crippen LogP) is 4.84. The zero-order valence-corrected chi connectivity index (χ0v) is 10.9. The molecular weight excluding hydrogens is 192 g/mol. The van der Waals surface area contributed by atoms with Crippen molar-refractivity contribution in [3.8, 4) is 0 Å². The Morgan fingerprint density at radius 2 is 1.94 bits per heavy atom. The maximum Gasteiger partial charge on any atom is -0.00239 e. The van der Waals surface area contributed by atoms with E-state index in [9.17, 15) is 0 Å². The van der Waals surface area contributed by atoms with Gasteiger partial charge in [-0.2, -0.15) is 0 Å². The second-order valence-corrected chi connectivity index (χ2v) is 4.21. The van der Waals surface area contributed by atoms with Crippen LogP contribution in [0.2, 0.25) is 0 Å². The first kappa shape index (κ1) is 12.8. The van der Waals surface area contributed by atoms with Crippen molar-refractivity contribution in [1.29, 1.82) is 0 Å². The smallest absolute Gasteiger partial charge is 0.00239 e. The molecule has 1 aromatic rings. The van der Waals surface area contributed by atoms with Gasteiger partial charge in [0.05, 0.1) is 0 Å². The van der Waals surface area contributed by atoms with Crippen molar-refractivity contribution in [2.24, 2.45) is 0 Å². The van der Waals surface area contributed by atoms with Gasteiger partial charge in [0.25, 0.3) is 0 Å². The quantitative estimate of drug-likeness (QED) is 0.629. The van der Waals surface area contributed by atoms with Crippen LogP contribution in [-0.4, -0.2) is 0 Å². The largest absolute Gasteiger partial charge is 0.0838 e. The van der Waals surface area contributed by atoms with Crippen LogP contribution in [0.15, 0.2) is 47.6 Å². The highest BCUT2D eigenvalue weighted by Crippen LogP contribution is 2.18. The minimum absolute atomic E-state index is 1.05. The van der Waals surface area contributed by atoms with Crippen molar-refractivity contribution in [1.82, 2.24) is 0 Å². The lowest BCUT2D eigenvalue weighted by molar-refractivity contribution is 1.09. The molecule has 0 aliphatic heterocycles. The van der Waals surface area contributed by atoms with Gasteiger partial charge in [-0.05, 0) is 50.3 Å². The summed E-state index contributed by atoms with van der Waals surface area (Å²) in [7, 11) is 0. The molecule has 0 atom stereocenters. The Bertz CT molecular complexity index is 394. The van der Waals surface area contributed by atoms with E-state index >= 15 is 0 Å². The molecule has 0 bridgehead atoms. The number of hydrogen-bond acceptors (Lipinski definition) is 0. The molecule has 0 amide bonds. The topological polar surface area (TPSA) is 0 Å². The van der Waals surface area contributed by atoms with Gasteiger partial charge in [-0.15, -0.1) is 0 Å². The summed E-state index contributed by atoms with van der Waals surface area (Å²) in [6, 6.07) is 8.62. The second-order valence-electron chi connectivity index (χ2n) is 4.21. The van der Waals surface area contributed by atoms with Gasteiger partial charge in [0.1, 0.15) is 0 Å². The van der Waals surface area contributed by atoms with Crippen LogP contribution in [0.5, 0.6) is 0 Å². The molecule has 0 nitrogen and oxygen atoms in total. The lowest BCUT2D eigenvalue weighted by Crippen LogP contribution is -1.95. The lowest BCUT2D eigenvalue weighted by atomic mass is 9.96. The second kappa shape index (κ2) is 6.32. The van der Waals surface area contributed by atoms with Gasteiger partial charge in [-0.1, -0.05) is 48.9 Å².